The van der Waals surface area contributed by atoms with E-state index in [1.165, 1.54) is 21.9 Å². The van der Waals surface area contributed by atoms with Gasteiger partial charge in [-0.25, -0.2) is 9.37 Å². The van der Waals surface area contributed by atoms with Crippen LogP contribution in [-0.4, -0.2) is 50.3 Å². The number of aromatic hydroxyl groups is 1. The highest BCUT2D eigenvalue weighted by molar-refractivity contribution is 7.17. The minimum absolute atomic E-state index is 0.0336. The summed E-state index contributed by atoms with van der Waals surface area (Å²) in [6.45, 7) is 5.19. The first-order valence-electron chi connectivity index (χ1n) is 10.3. The van der Waals surface area contributed by atoms with Crippen LogP contribution in [0.15, 0.2) is 24.3 Å². The maximum absolute atomic E-state index is 14.9. The number of carbonyl (C=O) groups excluding carboxylic acids is 1. The summed E-state index contributed by atoms with van der Waals surface area (Å²) in [4.78, 5) is 20.0. The van der Waals surface area contributed by atoms with E-state index in [1.54, 1.807) is 25.1 Å². The Balaban J connectivity index is 1.76. The van der Waals surface area contributed by atoms with Gasteiger partial charge in [0.1, 0.15) is 5.82 Å². The van der Waals surface area contributed by atoms with Crippen molar-refractivity contribution in [3.05, 3.63) is 46.3 Å². The molecule has 3 heterocycles. The highest BCUT2D eigenvalue weighted by atomic mass is 32.1. The normalized spacial score (nSPS) is 18.6. The fourth-order valence-electron chi connectivity index (χ4n) is 4.01. The number of aromatic nitrogens is 3. The predicted octanol–water partition coefficient (Wildman–Crippen LogP) is 3.56. The number of halogens is 1. The molecule has 3 aromatic rings. The topological polar surface area (TPSA) is 80.0 Å². The summed E-state index contributed by atoms with van der Waals surface area (Å²) in [5, 5.41) is 15.3. The van der Waals surface area contributed by atoms with Crippen LogP contribution in [0.3, 0.4) is 0 Å². The first kappa shape index (κ1) is 20.7. The van der Waals surface area contributed by atoms with Crippen LogP contribution in [0.4, 0.5) is 4.39 Å². The lowest BCUT2D eigenvalue weighted by Crippen LogP contribution is -2.41. The number of ether oxygens (including phenoxy) is 1. The Bertz CT molecular complexity index is 1050. The van der Waals surface area contributed by atoms with Gasteiger partial charge in [0.25, 0.3) is 0 Å². The molecular formula is C21H25FN4O3S. The lowest BCUT2D eigenvalue weighted by Gasteiger charge is -2.37. The van der Waals surface area contributed by atoms with Crippen molar-refractivity contribution in [2.45, 2.75) is 39.2 Å². The molecule has 7 nitrogen and oxygen atoms in total. The number of fused-ring (bicyclic) bond motifs is 1. The third kappa shape index (κ3) is 3.79. The summed E-state index contributed by atoms with van der Waals surface area (Å²) in [6.07, 6.45) is 2.18. The molecule has 1 N–H and O–H groups in total. The number of rotatable bonds is 6. The molecule has 1 fully saturated rings. The van der Waals surface area contributed by atoms with Crippen molar-refractivity contribution in [3.8, 4) is 5.88 Å². The van der Waals surface area contributed by atoms with Gasteiger partial charge in [0.2, 0.25) is 10.8 Å². The van der Waals surface area contributed by atoms with E-state index >= 15 is 0 Å². The zero-order valence-corrected chi connectivity index (χ0v) is 17.9. The van der Waals surface area contributed by atoms with Gasteiger partial charge in [0.15, 0.2) is 5.82 Å². The Morgan fingerprint density at radius 1 is 1.40 bits per heavy atom. The van der Waals surface area contributed by atoms with E-state index in [2.05, 4.69) is 15.0 Å². The molecule has 160 valence electrons. The fourth-order valence-corrected chi connectivity index (χ4v) is 5.14. The molecule has 1 aliphatic heterocycles. The van der Waals surface area contributed by atoms with Gasteiger partial charge >= 0.3 is 5.97 Å². The molecule has 9 heteroatoms. The van der Waals surface area contributed by atoms with E-state index in [0.717, 1.165) is 12.8 Å². The first-order chi connectivity index (χ1) is 14.5. The Kier molecular flexibility index (Phi) is 6.01. The van der Waals surface area contributed by atoms with Gasteiger partial charge in [-0.3, -0.25) is 9.69 Å². The monoisotopic (exact) mass is 432 g/mol. The summed E-state index contributed by atoms with van der Waals surface area (Å²) in [5.74, 6) is -0.245. The number of thiazole rings is 1. The summed E-state index contributed by atoms with van der Waals surface area (Å²) in [6, 6.07) is 6.02. The Hall–Kier alpha value is -2.52. The van der Waals surface area contributed by atoms with Crippen molar-refractivity contribution in [2.75, 3.05) is 19.7 Å². The number of benzene rings is 1. The number of esters is 1. The Morgan fingerprint density at radius 3 is 2.90 bits per heavy atom. The number of piperidine rings is 1. The van der Waals surface area contributed by atoms with Crippen molar-refractivity contribution in [1.29, 1.82) is 0 Å². The second-order valence-electron chi connectivity index (χ2n) is 7.38. The molecule has 0 bridgehead atoms. The smallest absolute Gasteiger partial charge is 0.310 e. The summed E-state index contributed by atoms with van der Waals surface area (Å²) in [7, 11) is 0. The molecule has 30 heavy (non-hydrogen) atoms. The van der Waals surface area contributed by atoms with Gasteiger partial charge in [0, 0.05) is 18.5 Å². The molecule has 0 radical (unpaired) electrons. The zero-order valence-electron chi connectivity index (χ0n) is 17.0. The second-order valence-corrected chi connectivity index (χ2v) is 8.39. The molecular weight excluding hydrogens is 407 g/mol. The first-order valence-corrected chi connectivity index (χ1v) is 11.1. The molecule has 0 spiro atoms. The largest absolute Gasteiger partial charge is 0.492 e. The van der Waals surface area contributed by atoms with Crippen LogP contribution in [0.2, 0.25) is 0 Å². The van der Waals surface area contributed by atoms with E-state index in [0.29, 0.717) is 47.3 Å². The molecule has 1 aliphatic rings. The lowest BCUT2D eigenvalue weighted by molar-refractivity contribution is -0.150. The van der Waals surface area contributed by atoms with Crippen molar-refractivity contribution in [1.82, 2.24) is 19.5 Å². The van der Waals surface area contributed by atoms with Crippen molar-refractivity contribution >= 4 is 22.3 Å². The third-order valence-corrected chi connectivity index (χ3v) is 6.52. The maximum Gasteiger partial charge on any atom is 0.310 e. The van der Waals surface area contributed by atoms with Crippen LogP contribution >= 0.6 is 11.3 Å². The minimum atomic E-state index is -0.540. The standard InChI is InChI=1S/C21H25FN4O3S/c1-3-16-23-21-26(24-16)19(27)18(30-21)17(14-9-5-6-10-15(14)22)25-11-7-8-13(12-25)20(28)29-4-2/h5-6,9-10,13,17,27H,3-4,7-8,11-12H2,1-2H3/t13-,17-/m1/s1. The highest BCUT2D eigenvalue weighted by Crippen LogP contribution is 2.42. The van der Waals surface area contributed by atoms with E-state index in [1.807, 2.05) is 6.92 Å². The van der Waals surface area contributed by atoms with Gasteiger partial charge in [-0.15, -0.1) is 5.10 Å². The molecule has 0 amide bonds. The average molecular weight is 433 g/mol. The Morgan fingerprint density at radius 2 is 2.20 bits per heavy atom. The van der Waals surface area contributed by atoms with Crippen molar-refractivity contribution in [2.24, 2.45) is 5.92 Å². The summed E-state index contributed by atoms with van der Waals surface area (Å²) < 4.78 is 21.5. The highest BCUT2D eigenvalue weighted by Gasteiger charge is 2.36. The molecule has 2 atom stereocenters. The number of aryl methyl sites for hydroxylation is 1. The van der Waals surface area contributed by atoms with Crippen LogP contribution in [0.25, 0.3) is 4.96 Å². The van der Waals surface area contributed by atoms with Gasteiger partial charge in [0.05, 0.1) is 23.4 Å². The molecule has 4 rings (SSSR count). The number of carbonyl (C=O) groups is 1. The van der Waals surface area contributed by atoms with Gasteiger partial charge in [-0.2, -0.15) is 4.52 Å². The zero-order chi connectivity index (χ0) is 21.3. The maximum atomic E-state index is 14.9. The van der Waals surface area contributed by atoms with Gasteiger partial charge in [-0.05, 0) is 32.4 Å². The van der Waals surface area contributed by atoms with E-state index in [9.17, 15) is 14.3 Å². The van der Waals surface area contributed by atoms with E-state index in [-0.39, 0.29) is 23.6 Å². The second kappa shape index (κ2) is 8.69. The molecule has 0 saturated carbocycles. The molecule has 1 saturated heterocycles. The third-order valence-electron chi connectivity index (χ3n) is 5.45. The number of hydrogen-bond acceptors (Lipinski definition) is 7. The number of likely N-dealkylation sites (tertiary alicyclic amines) is 1. The van der Waals surface area contributed by atoms with Crippen LogP contribution < -0.4 is 0 Å². The lowest BCUT2D eigenvalue weighted by atomic mass is 9.94. The van der Waals surface area contributed by atoms with E-state index in [4.69, 9.17) is 4.74 Å². The average Bonchev–Trinajstić information content (AvgIpc) is 3.29. The van der Waals surface area contributed by atoms with Crippen LogP contribution in [-0.2, 0) is 16.0 Å². The molecule has 1 aromatic carbocycles. The quantitative estimate of drug-likeness (QED) is 0.600. The van der Waals surface area contributed by atoms with E-state index < -0.39 is 6.04 Å². The molecule has 0 unspecified atom stereocenters. The predicted molar refractivity (Wildman–Crippen MR) is 111 cm³/mol. The minimum Gasteiger partial charge on any atom is -0.492 e. The summed E-state index contributed by atoms with van der Waals surface area (Å²) >= 11 is 1.30. The summed E-state index contributed by atoms with van der Waals surface area (Å²) in [5.41, 5.74) is 0.456. The van der Waals surface area contributed by atoms with Crippen LogP contribution in [0.1, 0.15) is 49.0 Å². The SMILES string of the molecule is CCOC(=O)[C@@H]1CCCN([C@H](c2ccccc2F)c2sc3nc(CC)nn3c2O)C1. The van der Waals surface area contributed by atoms with Gasteiger partial charge in [-0.1, -0.05) is 36.5 Å². The van der Waals surface area contributed by atoms with Crippen LogP contribution in [0, 0.1) is 11.7 Å². The Labute approximate surface area is 178 Å². The molecule has 0 aliphatic carbocycles. The van der Waals surface area contributed by atoms with Crippen LogP contribution in [0.5, 0.6) is 5.88 Å². The van der Waals surface area contributed by atoms with Crippen molar-refractivity contribution in [3.63, 3.8) is 0 Å². The fraction of sp³-hybridized carbons (Fsp3) is 0.476. The van der Waals surface area contributed by atoms with Crippen molar-refractivity contribution < 1.29 is 19.0 Å². The molecule has 2 aromatic heterocycles. The number of hydrogen-bond donors (Lipinski definition) is 1. The number of nitrogens with zero attached hydrogens (tertiary/aromatic N) is 4. The van der Waals surface area contributed by atoms with Gasteiger partial charge < -0.3 is 9.84 Å².